The number of fused-ring (bicyclic) bond motifs is 1. The van der Waals surface area contributed by atoms with E-state index in [1.165, 1.54) is 11.3 Å². The predicted octanol–water partition coefficient (Wildman–Crippen LogP) is 4.54. The number of nitrogens with one attached hydrogen (secondary N) is 1. The highest BCUT2D eigenvalue weighted by molar-refractivity contribution is 7.14. The zero-order chi connectivity index (χ0) is 15.0. The lowest BCUT2D eigenvalue weighted by molar-refractivity contribution is 0.476. The molecule has 6 heteroatoms. The predicted molar refractivity (Wildman–Crippen MR) is 88.3 cm³/mol. The molecule has 0 saturated carbocycles. The summed E-state index contributed by atoms with van der Waals surface area (Å²) in [5, 5.41) is 17.1. The van der Waals surface area contributed by atoms with Gasteiger partial charge in [-0.15, -0.1) is 11.3 Å². The van der Waals surface area contributed by atoms with E-state index in [2.05, 4.69) is 29.1 Å². The van der Waals surface area contributed by atoms with Gasteiger partial charge < -0.3 is 10.4 Å². The molecule has 0 spiro atoms. The number of nitrogens with zero attached hydrogens (tertiary/aromatic N) is 2. The molecule has 3 rings (SSSR count). The van der Waals surface area contributed by atoms with Gasteiger partial charge in [-0.25, -0.2) is 9.97 Å². The molecular formula is C15H14ClN3OS. The maximum absolute atomic E-state index is 9.58. The molecule has 108 valence electrons. The zero-order valence-electron chi connectivity index (χ0n) is 11.6. The van der Waals surface area contributed by atoms with Gasteiger partial charge in [0.05, 0.1) is 16.2 Å². The van der Waals surface area contributed by atoms with Crippen LogP contribution in [-0.2, 0) is 0 Å². The highest BCUT2D eigenvalue weighted by atomic mass is 35.5. The van der Waals surface area contributed by atoms with Crippen molar-refractivity contribution in [3.05, 3.63) is 34.7 Å². The molecule has 0 atom stereocenters. The van der Waals surface area contributed by atoms with Gasteiger partial charge in [-0.2, -0.15) is 0 Å². The van der Waals surface area contributed by atoms with Gasteiger partial charge in [0.1, 0.15) is 11.4 Å². The van der Waals surface area contributed by atoms with E-state index in [1.54, 1.807) is 24.3 Å². The minimum atomic E-state index is 0.170. The Hall–Kier alpha value is -1.85. The number of hydrogen-bond acceptors (Lipinski definition) is 5. The topological polar surface area (TPSA) is 58.0 Å². The fraction of sp³-hybridized carbons (Fsp3) is 0.200. The molecule has 0 unspecified atom stereocenters. The van der Waals surface area contributed by atoms with Crippen LogP contribution in [0.1, 0.15) is 13.8 Å². The van der Waals surface area contributed by atoms with E-state index < -0.39 is 0 Å². The van der Waals surface area contributed by atoms with Crippen LogP contribution < -0.4 is 5.32 Å². The number of benzene rings is 1. The van der Waals surface area contributed by atoms with Crippen molar-refractivity contribution in [2.45, 2.75) is 19.9 Å². The van der Waals surface area contributed by atoms with Crippen LogP contribution in [0.15, 0.2) is 29.6 Å². The number of hydrogen-bond donors (Lipinski definition) is 2. The molecule has 2 heterocycles. The van der Waals surface area contributed by atoms with Crippen molar-refractivity contribution in [1.82, 2.24) is 9.97 Å². The number of phenolic OH excluding ortho intramolecular Hbond substituents is 1. The lowest BCUT2D eigenvalue weighted by atomic mass is 10.2. The minimum absolute atomic E-state index is 0.170. The Kier molecular flexibility index (Phi) is 3.69. The summed E-state index contributed by atoms with van der Waals surface area (Å²) in [6.07, 6.45) is 0. The lowest BCUT2D eigenvalue weighted by Gasteiger charge is -2.05. The second-order valence-electron chi connectivity index (χ2n) is 5.03. The van der Waals surface area contributed by atoms with Crippen LogP contribution >= 0.6 is 22.9 Å². The van der Waals surface area contributed by atoms with Crippen LogP contribution in [0.5, 0.6) is 5.75 Å². The van der Waals surface area contributed by atoms with Gasteiger partial charge in [0.25, 0.3) is 0 Å². The van der Waals surface area contributed by atoms with Gasteiger partial charge in [-0.05, 0) is 32.0 Å². The first-order valence-electron chi connectivity index (χ1n) is 6.54. The van der Waals surface area contributed by atoms with Crippen molar-refractivity contribution < 1.29 is 5.11 Å². The molecule has 2 aromatic heterocycles. The van der Waals surface area contributed by atoms with Crippen LogP contribution in [-0.4, -0.2) is 21.1 Å². The Morgan fingerprint density at radius 2 is 2.00 bits per heavy atom. The van der Waals surface area contributed by atoms with Crippen LogP contribution in [0.4, 0.5) is 5.13 Å². The van der Waals surface area contributed by atoms with Crippen LogP contribution in [0.2, 0.25) is 5.02 Å². The Morgan fingerprint density at radius 3 is 2.76 bits per heavy atom. The monoisotopic (exact) mass is 319 g/mol. The summed E-state index contributed by atoms with van der Waals surface area (Å²) >= 11 is 7.83. The van der Waals surface area contributed by atoms with Crippen LogP contribution in [0, 0.1) is 0 Å². The number of aromatic nitrogens is 2. The summed E-state index contributed by atoms with van der Waals surface area (Å²) in [7, 11) is 0. The SMILES string of the molecule is CC(C)Nc1nc(-c2cc(Cl)c3ccc(O)cc3n2)cs1. The fourth-order valence-corrected chi connectivity index (χ4v) is 3.12. The van der Waals surface area contributed by atoms with E-state index in [4.69, 9.17) is 11.6 Å². The molecule has 2 N–H and O–H groups in total. The first kappa shape index (κ1) is 14.1. The Balaban J connectivity index is 2.06. The minimum Gasteiger partial charge on any atom is -0.508 e. The molecular weight excluding hydrogens is 306 g/mol. The van der Waals surface area contributed by atoms with Crippen molar-refractivity contribution in [2.24, 2.45) is 0 Å². The Morgan fingerprint density at radius 1 is 1.19 bits per heavy atom. The third kappa shape index (κ3) is 2.94. The fourth-order valence-electron chi connectivity index (χ4n) is 2.01. The molecule has 0 saturated heterocycles. The lowest BCUT2D eigenvalue weighted by Crippen LogP contribution is -2.09. The van der Waals surface area contributed by atoms with Crippen molar-refractivity contribution in [3.8, 4) is 17.1 Å². The number of rotatable bonds is 3. The molecule has 0 radical (unpaired) electrons. The van der Waals surface area contributed by atoms with Crippen molar-refractivity contribution in [3.63, 3.8) is 0 Å². The molecule has 0 aliphatic rings. The van der Waals surface area contributed by atoms with Gasteiger partial charge in [0, 0.05) is 22.9 Å². The van der Waals surface area contributed by atoms with Crippen molar-refractivity contribution in [2.75, 3.05) is 5.32 Å². The summed E-state index contributed by atoms with van der Waals surface area (Å²) in [4.78, 5) is 9.05. The van der Waals surface area contributed by atoms with Gasteiger partial charge in [0.15, 0.2) is 5.13 Å². The zero-order valence-corrected chi connectivity index (χ0v) is 13.2. The second kappa shape index (κ2) is 5.50. The average molecular weight is 320 g/mol. The molecule has 21 heavy (non-hydrogen) atoms. The molecule has 1 aromatic carbocycles. The first-order chi connectivity index (χ1) is 10.0. The van der Waals surface area contributed by atoms with Gasteiger partial charge in [-0.3, -0.25) is 0 Å². The van der Waals surface area contributed by atoms with Crippen LogP contribution in [0.25, 0.3) is 22.3 Å². The number of thiazole rings is 1. The summed E-state index contributed by atoms with van der Waals surface area (Å²) in [6, 6.07) is 7.09. The van der Waals surface area contributed by atoms with Crippen LogP contribution in [0.3, 0.4) is 0 Å². The Bertz CT molecular complexity index is 801. The largest absolute Gasteiger partial charge is 0.508 e. The van der Waals surface area contributed by atoms with Gasteiger partial charge in [-0.1, -0.05) is 11.6 Å². The van der Waals surface area contributed by atoms with E-state index in [-0.39, 0.29) is 5.75 Å². The maximum Gasteiger partial charge on any atom is 0.183 e. The molecule has 3 aromatic rings. The molecule has 0 amide bonds. The molecule has 0 aliphatic carbocycles. The van der Waals surface area contributed by atoms with E-state index in [0.29, 0.717) is 22.3 Å². The average Bonchev–Trinajstić information content (AvgIpc) is 2.85. The van der Waals surface area contributed by atoms with E-state index in [9.17, 15) is 5.11 Å². The molecule has 4 nitrogen and oxygen atoms in total. The van der Waals surface area contributed by atoms with Crippen molar-refractivity contribution in [1.29, 1.82) is 0 Å². The number of halogens is 1. The quantitative estimate of drug-likeness (QED) is 0.744. The summed E-state index contributed by atoms with van der Waals surface area (Å²) < 4.78 is 0. The highest BCUT2D eigenvalue weighted by Crippen LogP contribution is 2.31. The number of aromatic hydroxyl groups is 1. The molecule has 0 fully saturated rings. The second-order valence-corrected chi connectivity index (χ2v) is 6.29. The maximum atomic E-state index is 9.58. The van der Waals surface area contributed by atoms with E-state index in [1.807, 2.05) is 5.38 Å². The number of phenols is 1. The molecule has 0 bridgehead atoms. The first-order valence-corrected chi connectivity index (χ1v) is 7.80. The summed E-state index contributed by atoms with van der Waals surface area (Å²) in [6.45, 7) is 4.13. The number of anilines is 1. The third-order valence-corrected chi connectivity index (χ3v) is 4.01. The highest BCUT2D eigenvalue weighted by Gasteiger charge is 2.10. The Labute approximate surface area is 131 Å². The summed E-state index contributed by atoms with van der Waals surface area (Å²) in [5.41, 5.74) is 2.13. The van der Waals surface area contributed by atoms with Gasteiger partial charge >= 0.3 is 0 Å². The smallest absolute Gasteiger partial charge is 0.183 e. The standard InChI is InChI=1S/C15H14ClN3OS/c1-8(2)17-15-19-14(7-21-15)13-6-11(16)10-4-3-9(20)5-12(10)18-13/h3-8,20H,1-2H3,(H,17,19). The van der Waals surface area contributed by atoms with E-state index in [0.717, 1.165) is 16.2 Å². The van der Waals surface area contributed by atoms with Gasteiger partial charge in [0.2, 0.25) is 0 Å². The van der Waals surface area contributed by atoms with E-state index >= 15 is 0 Å². The third-order valence-electron chi connectivity index (χ3n) is 2.92. The number of pyridine rings is 1. The normalized spacial score (nSPS) is 11.2. The van der Waals surface area contributed by atoms with Crippen molar-refractivity contribution >= 4 is 39.0 Å². The summed E-state index contributed by atoms with van der Waals surface area (Å²) in [5.74, 6) is 0.170. The molecule has 0 aliphatic heterocycles.